The van der Waals surface area contributed by atoms with E-state index in [0.717, 1.165) is 10.4 Å². The molecule has 0 saturated carbocycles. The number of esters is 1. The Morgan fingerprint density at radius 1 is 0.931 bits per heavy atom. The van der Waals surface area contributed by atoms with Gasteiger partial charge in [0.15, 0.2) is 5.78 Å². The minimum Gasteiger partial charge on any atom is -0.462 e. The van der Waals surface area contributed by atoms with E-state index in [-0.39, 0.29) is 31.1 Å². The van der Waals surface area contributed by atoms with Crippen LogP contribution in [0.25, 0.3) is 10.4 Å². The molecule has 29 heavy (non-hydrogen) atoms. The first-order valence-electron chi connectivity index (χ1n) is 9.33. The molecular weight excluding hydrogens is 386 g/mol. The first-order valence-corrected chi connectivity index (χ1v) is 10.1. The van der Waals surface area contributed by atoms with Gasteiger partial charge in [0.05, 0.1) is 12.2 Å². The predicted molar refractivity (Wildman–Crippen MR) is 114 cm³/mol. The number of carbonyl (C=O) groups excluding carboxylic acids is 3. The van der Waals surface area contributed by atoms with Crippen LogP contribution in [0.2, 0.25) is 0 Å². The van der Waals surface area contributed by atoms with Crippen LogP contribution >= 0.6 is 11.3 Å². The summed E-state index contributed by atoms with van der Waals surface area (Å²) in [6, 6.07) is 20.2. The minimum absolute atomic E-state index is 0.0363. The maximum absolute atomic E-state index is 12.4. The second kappa shape index (κ2) is 9.80. The van der Waals surface area contributed by atoms with Gasteiger partial charge in [0.2, 0.25) is 5.91 Å². The number of benzene rings is 2. The van der Waals surface area contributed by atoms with E-state index in [9.17, 15) is 14.4 Å². The summed E-state index contributed by atoms with van der Waals surface area (Å²) in [6.45, 7) is 1.98. The number of Topliss-reactive ketones (excluding diaryl/α,β-unsaturated/α-hetero) is 1. The van der Waals surface area contributed by atoms with Crippen molar-refractivity contribution < 1.29 is 19.1 Å². The van der Waals surface area contributed by atoms with Crippen molar-refractivity contribution >= 4 is 34.0 Å². The van der Waals surface area contributed by atoms with Crippen LogP contribution in [0.5, 0.6) is 0 Å². The van der Waals surface area contributed by atoms with Crippen molar-refractivity contribution in [2.45, 2.75) is 19.8 Å². The fraction of sp³-hybridized carbons (Fsp3) is 0.174. The Morgan fingerprint density at radius 3 is 2.24 bits per heavy atom. The van der Waals surface area contributed by atoms with Crippen molar-refractivity contribution in [2.24, 2.45) is 0 Å². The van der Waals surface area contributed by atoms with Gasteiger partial charge in [-0.1, -0.05) is 60.7 Å². The van der Waals surface area contributed by atoms with E-state index in [1.807, 2.05) is 36.4 Å². The van der Waals surface area contributed by atoms with Gasteiger partial charge in [-0.25, -0.2) is 4.79 Å². The third-order valence-corrected chi connectivity index (χ3v) is 5.31. The fourth-order valence-electron chi connectivity index (χ4n) is 2.77. The van der Waals surface area contributed by atoms with E-state index in [1.165, 1.54) is 11.3 Å². The number of rotatable bonds is 8. The van der Waals surface area contributed by atoms with E-state index in [0.29, 0.717) is 16.1 Å². The smallest absolute Gasteiger partial charge is 0.341 e. The van der Waals surface area contributed by atoms with Crippen LogP contribution in [0.15, 0.2) is 66.7 Å². The van der Waals surface area contributed by atoms with Gasteiger partial charge < -0.3 is 10.1 Å². The summed E-state index contributed by atoms with van der Waals surface area (Å²) in [5.41, 5.74) is 1.84. The lowest BCUT2D eigenvalue weighted by Crippen LogP contribution is -2.15. The zero-order valence-corrected chi connectivity index (χ0v) is 16.8. The number of hydrogen-bond donors (Lipinski definition) is 1. The van der Waals surface area contributed by atoms with Gasteiger partial charge >= 0.3 is 5.97 Å². The summed E-state index contributed by atoms with van der Waals surface area (Å²) >= 11 is 1.31. The van der Waals surface area contributed by atoms with Gasteiger partial charge in [0, 0.05) is 23.3 Å². The summed E-state index contributed by atoms with van der Waals surface area (Å²) in [5, 5.41) is 3.20. The number of ether oxygens (including phenoxy) is 1. The highest BCUT2D eigenvalue weighted by molar-refractivity contribution is 7.20. The van der Waals surface area contributed by atoms with Crippen LogP contribution in [-0.2, 0) is 9.53 Å². The van der Waals surface area contributed by atoms with Crippen LogP contribution < -0.4 is 5.32 Å². The number of amides is 1. The topological polar surface area (TPSA) is 72.5 Å². The third kappa shape index (κ3) is 5.39. The molecule has 0 saturated heterocycles. The molecule has 3 rings (SSSR count). The normalized spacial score (nSPS) is 10.4. The standard InChI is InChI=1S/C23H21NO4S/c1-2-28-23(27)18-15-20(17-11-7-4-8-12-17)29-22(18)24-21(26)14-13-19(25)16-9-5-3-6-10-16/h3-12,15H,2,13-14H2,1H3,(H,24,26). The molecule has 0 aliphatic heterocycles. The molecule has 0 radical (unpaired) electrons. The van der Waals surface area contributed by atoms with Crippen molar-refractivity contribution in [3.63, 3.8) is 0 Å². The molecular formula is C23H21NO4S. The maximum Gasteiger partial charge on any atom is 0.341 e. The summed E-state index contributed by atoms with van der Waals surface area (Å²) in [4.78, 5) is 37.8. The second-order valence-corrected chi connectivity index (χ2v) is 7.33. The van der Waals surface area contributed by atoms with Crippen LogP contribution in [0.3, 0.4) is 0 Å². The van der Waals surface area contributed by atoms with E-state index in [2.05, 4.69) is 5.32 Å². The third-order valence-electron chi connectivity index (χ3n) is 4.21. The van der Waals surface area contributed by atoms with E-state index >= 15 is 0 Å². The van der Waals surface area contributed by atoms with Gasteiger partial charge in [-0.2, -0.15) is 0 Å². The Labute approximate surface area is 173 Å². The van der Waals surface area contributed by atoms with Crippen LogP contribution in [0, 0.1) is 0 Å². The van der Waals surface area contributed by atoms with Gasteiger partial charge in [-0.3, -0.25) is 9.59 Å². The zero-order valence-electron chi connectivity index (χ0n) is 16.0. The molecule has 1 heterocycles. The van der Waals surface area contributed by atoms with Crippen LogP contribution in [0.4, 0.5) is 5.00 Å². The molecule has 148 valence electrons. The Balaban J connectivity index is 1.73. The molecule has 0 atom stereocenters. The largest absolute Gasteiger partial charge is 0.462 e. The van der Waals surface area contributed by atoms with Gasteiger partial charge in [0.1, 0.15) is 5.00 Å². The monoisotopic (exact) mass is 407 g/mol. The first-order chi connectivity index (χ1) is 14.1. The van der Waals surface area contributed by atoms with Gasteiger partial charge in [-0.05, 0) is 18.6 Å². The van der Waals surface area contributed by atoms with Crippen LogP contribution in [-0.4, -0.2) is 24.3 Å². The van der Waals surface area contributed by atoms with Crippen LogP contribution in [0.1, 0.15) is 40.5 Å². The molecule has 0 aliphatic rings. The summed E-state index contributed by atoms with van der Waals surface area (Å²) in [7, 11) is 0. The number of carbonyl (C=O) groups is 3. The molecule has 0 spiro atoms. The van der Waals surface area contributed by atoms with Crippen molar-refractivity contribution in [2.75, 3.05) is 11.9 Å². The molecule has 0 unspecified atom stereocenters. The Bertz CT molecular complexity index is 996. The molecule has 5 nitrogen and oxygen atoms in total. The number of hydrogen-bond acceptors (Lipinski definition) is 5. The summed E-state index contributed by atoms with van der Waals surface area (Å²) < 4.78 is 5.12. The van der Waals surface area contributed by atoms with Gasteiger partial charge in [0.25, 0.3) is 0 Å². The quantitative estimate of drug-likeness (QED) is 0.412. The number of anilines is 1. The molecule has 3 aromatic rings. The highest BCUT2D eigenvalue weighted by atomic mass is 32.1. The lowest BCUT2D eigenvalue weighted by Gasteiger charge is -2.06. The number of nitrogens with one attached hydrogen (secondary N) is 1. The highest BCUT2D eigenvalue weighted by Gasteiger charge is 2.20. The second-order valence-electron chi connectivity index (χ2n) is 6.28. The van der Waals surface area contributed by atoms with E-state index < -0.39 is 5.97 Å². The zero-order chi connectivity index (χ0) is 20.6. The fourth-order valence-corrected chi connectivity index (χ4v) is 3.84. The predicted octanol–water partition coefficient (Wildman–Crippen LogP) is 5.19. The Morgan fingerprint density at radius 2 is 1.59 bits per heavy atom. The minimum atomic E-state index is -0.485. The maximum atomic E-state index is 12.4. The summed E-state index contributed by atoms with van der Waals surface area (Å²) in [5.74, 6) is -0.898. The SMILES string of the molecule is CCOC(=O)c1cc(-c2ccccc2)sc1NC(=O)CCC(=O)c1ccccc1. The molecule has 1 N–H and O–H groups in total. The van der Waals surface area contributed by atoms with Gasteiger partial charge in [-0.15, -0.1) is 11.3 Å². The van der Waals surface area contributed by atoms with Crippen molar-refractivity contribution in [1.29, 1.82) is 0 Å². The Hall–Kier alpha value is -3.25. The number of thiophene rings is 1. The molecule has 0 aliphatic carbocycles. The highest BCUT2D eigenvalue weighted by Crippen LogP contribution is 2.36. The van der Waals surface area contributed by atoms with E-state index in [4.69, 9.17) is 4.74 Å². The van der Waals surface area contributed by atoms with Crippen molar-refractivity contribution in [3.05, 3.63) is 77.9 Å². The molecule has 0 fully saturated rings. The molecule has 6 heteroatoms. The average molecular weight is 407 g/mol. The lowest BCUT2D eigenvalue weighted by atomic mass is 10.1. The number of ketones is 1. The molecule has 1 amide bonds. The summed E-state index contributed by atoms with van der Waals surface area (Å²) in [6.07, 6.45) is 0.135. The van der Waals surface area contributed by atoms with E-state index in [1.54, 1.807) is 37.3 Å². The average Bonchev–Trinajstić information content (AvgIpc) is 3.17. The van der Waals surface area contributed by atoms with Crippen molar-refractivity contribution in [3.8, 4) is 10.4 Å². The lowest BCUT2D eigenvalue weighted by molar-refractivity contribution is -0.116. The molecule has 1 aromatic heterocycles. The first kappa shape index (κ1) is 20.5. The molecule has 2 aromatic carbocycles. The Kier molecular flexibility index (Phi) is 6.92. The molecule has 0 bridgehead atoms. The van der Waals surface area contributed by atoms with Crippen molar-refractivity contribution in [1.82, 2.24) is 0 Å².